The molecule has 14 nitrogen and oxygen atoms in total. The van der Waals surface area contributed by atoms with Gasteiger partial charge in [-0.15, -0.1) is 0 Å². The maximum absolute atomic E-state index is 13.0. The molecule has 1 aromatic carbocycles. The summed E-state index contributed by atoms with van der Waals surface area (Å²) >= 11 is 0. The number of aromatic amines is 1. The molecule has 0 aliphatic carbocycles. The van der Waals surface area contributed by atoms with Crippen LogP contribution in [0.25, 0.3) is 10.9 Å². The van der Waals surface area contributed by atoms with Gasteiger partial charge in [0.2, 0.25) is 11.5 Å². The van der Waals surface area contributed by atoms with Crippen LogP contribution in [0.3, 0.4) is 0 Å². The van der Waals surface area contributed by atoms with Crippen LogP contribution < -0.4 is 10.9 Å². The number of aromatic nitrogens is 1. The molecule has 0 bridgehead atoms. The fraction of sp³-hybridized carbons (Fsp3) is 0.500. The topological polar surface area (TPSA) is 187 Å². The molecule has 1 amide bonds. The molecule has 1 aliphatic rings. The minimum atomic E-state index is -1.02. The van der Waals surface area contributed by atoms with E-state index in [-0.39, 0.29) is 37.6 Å². The SMILES string of the molecule is Cc1cc(=O)[nH]c2cc(NC(=O)CN3CCN(CC(=O)O)CCN(CC(=O)O)CCN(CC(=O)O)CC3)ccc12. The summed E-state index contributed by atoms with van der Waals surface area (Å²) in [5.74, 6) is -3.37. The number of benzene rings is 1. The number of fused-ring (bicyclic) bond motifs is 1. The van der Waals surface area contributed by atoms with Crippen molar-refractivity contribution < 1.29 is 34.5 Å². The van der Waals surface area contributed by atoms with Crippen molar-refractivity contribution in [1.29, 1.82) is 0 Å². The number of aliphatic carboxylic acids is 3. The highest BCUT2D eigenvalue weighted by atomic mass is 16.4. The van der Waals surface area contributed by atoms with Crippen LogP contribution in [0.15, 0.2) is 29.1 Å². The number of rotatable bonds is 9. The molecule has 1 fully saturated rings. The summed E-state index contributed by atoms with van der Waals surface area (Å²) in [7, 11) is 0. The van der Waals surface area contributed by atoms with E-state index in [2.05, 4.69) is 10.3 Å². The van der Waals surface area contributed by atoms with E-state index in [0.29, 0.717) is 63.6 Å². The molecule has 0 atom stereocenters. The Hall–Kier alpha value is -3.85. The van der Waals surface area contributed by atoms with E-state index in [4.69, 9.17) is 0 Å². The number of nitrogens with zero attached hydrogens (tertiary/aromatic N) is 4. The monoisotopic (exact) mass is 560 g/mol. The van der Waals surface area contributed by atoms with Crippen molar-refractivity contribution in [3.63, 3.8) is 0 Å². The lowest BCUT2D eigenvalue weighted by molar-refractivity contribution is -0.140. The number of carbonyl (C=O) groups is 4. The Morgan fingerprint density at radius 3 is 1.57 bits per heavy atom. The van der Waals surface area contributed by atoms with Crippen molar-refractivity contribution in [3.8, 4) is 0 Å². The molecule has 1 aliphatic heterocycles. The van der Waals surface area contributed by atoms with Crippen LogP contribution in [0.1, 0.15) is 5.56 Å². The van der Waals surface area contributed by atoms with Crippen LogP contribution in [0.4, 0.5) is 5.69 Å². The molecule has 1 aromatic heterocycles. The van der Waals surface area contributed by atoms with Gasteiger partial charge >= 0.3 is 17.9 Å². The highest BCUT2D eigenvalue weighted by Crippen LogP contribution is 2.19. The van der Waals surface area contributed by atoms with Crippen molar-refractivity contribution >= 4 is 40.4 Å². The molecule has 0 radical (unpaired) electrons. The average molecular weight is 561 g/mol. The zero-order valence-corrected chi connectivity index (χ0v) is 22.5. The van der Waals surface area contributed by atoms with Crippen LogP contribution in [0, 0.1) is 6.92 Å². The predicted molar refractivity (Wildman–Crippen MR) is 147 cm³/mol. The quantitative estimate of drug-likeness (QED) is 0.259. The van der Waals surface area contributed by atoms with E-state index in [1.54, 1.807) is 26.8 Å². The lowest BCUT2D eigenvalue weighted by Gasteiger charge is -2.32. The second-order valence-electron chi connectivity index (χ2n) is 9.91. The largest absolute Gasteiger partial charge is 0.480 e. The molecule has 2 heterocycles. The van der Waals surface area contributed by atoms with Gasteiger partial charge < -0.3 is 25.6 Å². The Balaban J connectivity index is 1.73. The summed E-state index contributed by atoms with van der Waals surface area (Å²) < 4.78 is 0. The molecule has 218 valence electrons. The summed E-state index contributed by atoms with van der Waals surface area (Å²) in [4.78, 5) is 68.7. The lowest BCUT2D eigenvalue weighted by atomic mass is 10.1. The Morgan fingerprint density at radius 1 is 0.725 bits per heavy atom. The first-order valence-corrected chi connectivity index (χ1v) is 13.0. The molecular formula is C26H36N6O8. The van der Waals surface area contributed by atoms with E-state index < -0.39 is 17.9 Å². The highest BCUT2D eigenvalue weighted by Gasteiger charge is 2.21. The number of carbonyl (C=O) groups excluding carboxylic acids is 1. The maximum Gasteiger partial charge on any atom is 0.317 e. The van der Waals surface area contributed by atoms with Gasteiger partial charge in [0, 0.05) is 69.5 Å². The highest BCUT2D eigenvalue weighted by molar-refractivity contribution is 5.95. The minimum absolute atomic E-state index is 0.0185. The maximum atomic E-state index is 13.0. The number of carboxylic acids is 3. The molecule has 5 N–H and O–H groups in total. The fourth-order valence-corrected chi connectivity index (χ4v) is 4.70. The minimum Gasteiger partial charge on any atom is -0.480 e. The van der Waals surface area contributed by atoms with Crippen LogP contribution in [0.5, 0.6) is 0 Å². The Labute approximate surface area is 230 Å². The van der Waals surface area contributed by atoms with Crippen molar-refractivity contribution in [2.45, 2.75) is 6.92 Å². The summed E-state index contributed by atoms with van der Waals surface area (Å²) in [5, 5.41) is 31.7. The summed E-state index contributed by atoms with van der Waals surface area (Å²) in [6.07, 6.45) is 0. The standard InChI is InChI=1S/C26H36N6O8/c1-18-12-22(33)28-21-13-19(2-3-20(18)21)27-23(34)14-29-4-6-30(15-24(35)36)8-10-32(17-26(39)40)11-9-31(7-5-29)16-25(37)38/h2-3,12-13H,4-11,14-17H2,1H3,(H,27,34)(H,28,33)(H,35,36)(H,37,38)(H,39,40). The number of hydrogen-bond donors (Lipinski definition) is 5. The first kappa shape index (κ1) is 30.7. The van der Waals surface area contributed by atoms with Gasteiger partial charge in [0.1, 0.15) is 0 Å². The normalized spacial score (nSPS) is 17.1. The third kappa shape index (κ3) is 10.0. The molecule has 3 rings (SSSR count). The number of aryl methyl sites for hydroxylation is 1. The van der Waals surface area contributed by atoms with Crippen LogP contribution in [0.2, 0.25) is 0 Å². The summed E-state index contributed by atoms with van der Waals surface area (Å²) in [6.45, 7) is 3.60. The van der Waals surface area contributed by atoms with Crippen molar-refractivity contribution in [3.05, 3.63) is 40.2 Å². The molecule has 0 saturated carbocycles. The third-order valence-corrected chi connectivity index (χ3v) is 6.71. The van der Waals surface area contributed by atoms with Gasteiger partial charge in [0.25, 0.3) is 0 Å². The summed E-state index contributed by atoms with van der Waals surface area (Å²) in [6, 6.07) is 6.74. The zero-order valence-electron chi connectivity index (χ0n) is 22.5. The Bertz CT molecular complexity index is 1250. The van der Waals surface area contributed by atoms with Crippen LogP contribution in [-0.2, 0) is 19.2 Å². The molecule has 1 saturated heterocycles. The number of nitrogens with one attached hydrogen (secondary N) is 2. The first-order chi connectivity index (χ1) is 19.0. The lowest BCUT2D eigenvalue weighted by Crippen LogP contribution is -2.49. The number of hydrogen-bond acceptors (Lipinski definition) is 9. The number of pyridine rings is 1. The fourth-order valence-electron chi connectivity index (χ4n) is 4.70. The molecule has 0 spiro atoms. The molecule has 0 unspecified atom stereocenters. The second-order valence-corrected chi connectivity index (χ2v) is 9.91. The molecule has 40 heavy (non-hydrogen) atoms. The number of H-pyrrole nitrogens is 1. The van der Waals surface area contributed by atoms with Crippen molar-refractivity contribution in [2.75, 3.05) is 83.9 Å². The van der Waals surface area contributed by atoms with Crippen molar-refractivity contribution in [1.82, 2.24) is 24.6 Å². The van der Waals surface area contributed by atoms with Gasteiger partial charge in [0.05, 0.1) is 31.7 Å². The van der Waals surface area contributed by atoms with E-state index in [9.17, 15) is 39.3 Å². The smallest absolute Gasteiger partial charge is 0.317 e. The van der Waals surface area contributed by atoms with Gasteiger partial charge in [-0.3, -0.25) is 43.6 Å². The molecule has 2 aromatic rings. The molecule has 14 heteroatoms. The van der Waals surface area contributed by atoms with Gasteiger partial charge in [0.15, 0.2) is 0 Å². The van der Waals surface area contributed by atoms with E-state index in [0.717, 1.165) is 10.9 Å². The van der Waals surface area contributed by atoms with Crippen LogP contribution in [-0.4, -0.2) is 142 Å². The first-order valence-electron chi connectivity index (χ1n) is 13.0. The molecular weight excluding hydrogens is 524 g/mol. The van der Waals surface area contributed by atoms with E-state index in [1.807, 2.05) is 17.9 Å². The van der Waals surface area contributed by atoms with Crippen LogP contribution >= 0.6 is 0 Å². The van der Waals surface area contributed by atoms with E-state index >= 15 is 0 Å². The number of anilines is 1. The van der Waals surface area contributed by atoms with Gasteiger partial charge in [-0.25, -0.2) is 0 Å². The Morgan fingerprint density at radius 2 is 1.15 bits per heavy atom. The van der Waals surface area contributed by atoms with E-state index in [1.165, 1.54) is 6.07 Å². The Kier molecular flexibility index (Phi) is 11.1. The van der Waals surface area contributed by atoms with Gasteiger partial charge in [-0.05, 0) is 24.6 Å². The second kappa shape index (κ2) is 14.5. The number of amides is 1. The predicted octanol–water partition coefficient (Wildman–Crippen LogP) is -0.750. The van der Waals surface area contributed by atoms with Crippen molar-refractivity contribution in [2.24, 2.45) is 0 Å². The average Bonchev–Trinajstić information content (AvgIpc) is 2.84. The third-order valence-electron chi connectivity index (χ3n) is 6.71. The zero-order chi connectivity index (χ0) is 29.2. The summed E-state index contributed by atoms with van der Waals surface area (Å²) in [5.41, 5.74) is 1.68. The number of carboxylic acid groups (broad SMARTS) is 3. The van der Waals surface area contributed by atoms with Gasteiger partial charge in [-0.2, -0.15) is 0 Å². The van der Waals surface area contributed by atoms with Gasteiger partial charge in [-0.1, -0.05) is 6.07 Å².